The van der Waals surface area contributed by atoms with Crippen molar-refractivity contribution >= 4 is 46.8 Å². The highest BCUT2D eigenvalue weighted by Crippen LogP contribution is 2.29. The fraction of sp³-hybridized carbons (Fsp3) is 0.346. The van der Waals surface area contributed by atoms with E-state index in [0.717, 1.165) is 39.8 Å². The number of carbonyl (C=O) groups is 1. The van der Waals surface area contributed by atoms with Gasteiger partial charge in [0.25, 0.3) is 5.91 Å². The number of rotatable bonds is 14. The smallest absolute Gasteiger partial charge is 0.250 e. The second kappa shape index (κ2) is 14.8. The minimum Gasteiger partial charge on any atom is -0.490 e. The van der Waals surface area contributed by atoms with E-state index in [1.54, 1.807) is 6.21 Å². The maximum Gasteiger partial charge on any atom is 0.250 e. The van der Waals surface area contributed by atoms with Gasteiger partial charge in [-0.05, 0) is 49.2 Å². The molecule has 3 aromatic rings. The van der Waals surface area contributed by atoms with Crippen molar-refractivity contribution in [2.45, 2.75) is 43.9 Å². The van der Waals surface area contributed by atoms with Gasteiger partial charge in [0, 0.05) is 16.0 Å². The van der Waals surface area contributed by atoms with Crippen molar-refractivity contribution in [3.05, 3.63) is 58.4 Å². The van der Waals surface area contributed by atoms with Gasteiger partial charge in [0.05, 0.1) is 30.9 Å². The van der Waals surface area contributed by atoms with Crippen molar-refractivity contribution in [1.29, 1.82) is 0 Å². The summed E-state index contributed by atoms with van der Waals surface area (Å²) < 4.78 is 12.4. The second-order valence-corrected chi connectivity index (χ2v) is 10.2. The van der Waals surface area contributed by atoms with Crippen LogP contribution in [-0.4, -0.2) is 36.1 Å². The first-order chi connectivity index (χ1) is 17.1. The summed E-state index contributed by atoms with van der Waals surface area (Å²) in [6, 6.07) is 13.2. The molecule has 35 heavy (non-hydrogen) atoms. The molecule has 1 N–H and O–H groups in total. The third kappa shape index (κ3) is 9.20. The fourth-order valence-electron chi connectivity index (χ4n) is 3.12. The normalized spacial score (nSPS) is 11.1. The zero-order valence-electron chi connectivity index (χ0n) is 20.0. The number of thioether (sulfide) groups is 1. The molecule has 1 heterocycles. The van der Waals surface area contributed by atoms with Gasteiger partial charge < -0.3 is 9.47 Å². The molecule has 0 saturated heterocycles. The third-order valence-corrected chi connectivity index (χ3v) is 7.15. The highest BCUT2D eigenvalue weighted by molar-refractivity contribution is 8.01. The number of thiazole rings is 1. The van der Waals surface area contributed by atoms with Crippen molar-refractivity contribution in [3.63, 3.8) is 0 Å². The van der Waals surface area contributed by atoms with E-state index >= 15 is 0 Å². The van der Waals surface area contributed by atoms with Crippen LogP contribution in [0.5, 0.6) is 11.5 Å². The molecule has 0 aliphatic carbocycles. The molecule has 0 bridgehead atoms. The van der Waals surface area contributed by atoms with Crippen LogP contribution in [0.1, 0.15) is 45.1 Å². The molecular weight excluding hydrogens is 502 g/mol. The molecule has 186 valence electrons. The molecule has 1 amide bonds. The van der Waals surface area contributed by atoms with E-state index in [1.807, 2.05) is 54.8 Å². The third-order valence-electron chi connectivity index (χ3n) is 4.88. The van der Waals surface area contributed by atoms with Crippen molar-refractivity contribution in [3.8, 4) is 22.8 Å². The maximum absolute atomic E-state index is 12.2. The zero-order valence-corrected chi connectivity index (χ0v) is 22.3. The summed E-state index contributed by atoms with van der Waals surface area (Å²) in [4.78, 5) is 16.8. The number of amides is 1. The highest BCUT2D eigenvalue weighted by atomic mass is 35.5. The first kappa shape index (κ1) is 27.0. The Hall–Kier alpha value is -2.55. The lowest BCUT2D eigenvalue weighted by atomic mass is 10.2. The molecule has 1 aromatic heterocycles. The van der Waals surface area contributed by atoms with Gasteiger partial charge in [0.15, 0.2) is 15.8 Å². The first-order valence-corrected chi connectivity index (χ1v) is 13.9. The number of nitrogens with one attached hydrogen (secondary N) is 1. The number of aromatic nitrogens is 1. The summed E-state index contributed by atoms with van der Waals surface area (Å²) in [6.45, 7) is 5.33. The molecular formula is C26H30ClN3O3S2. The van der Waals surface area contributed by atoms with Crippen molar-refractivity contribution in [2.75, 3.05) is 19.0 Å². The van der Waals surface area contributed by atoms with Gasteiger partial charge >= 0.3 is 0 Å². The molecule has 0 saturated carbocycles. The molecule has 0 fully saturated rings. The van der Waals surface area contributed by atoms with Crippen molar-refractivity contribution < 1.29 is 14.3 Å². The number of halogens is 1. The summed E-state index contributed by atoms with van der Waals surface area (Å²) >= 11 is 8.82. The van der Waals surface area contributed by atoms with E-state index in [4.69, 9.17) is 21.1 Å². The van der Waals surface area contributed by atoms with Gasteiger partial charge in [0.2, 0.25) is 0 Å². The number of hydrogen-bond donors (Lipinski definition) is 1. The molecule has 0 spiro atoms. The predicted octanol–water partition coefficient (Wildman–Crippen LogP) is 7.06. The Balaban J connectivity index is 1.47. The number of unbranched alkanes of at least 4 members (excludes halogenated alkanes) is 3. The quantitative estimate of drug-likeness (QED) is 0.104. The Labute approximate surface area is 220 Å². The molecule has 0 aliphatic rings. The van der Waals surface area contributed by atoms with Crippen LogP contribution in [0.3, 0.4) is 0 Å². The number of benzene rings is 2. The largest absolute Gasteiger partial charge is 0.490 e. The summed E-state index contributed by atoms with van der Waals surface area (Å²) in [6.07, 6.45) is 6.20. The molecule has 0 aliphatic heterocycles. The lowest BCUT2D eigenvalue weighted by Gasteiger charge is -2.12. The van der Waals surface area contributed by atoms with E-state index in [2.05, 4.69) is 22.4 Å². The lowest BCUT2D eigenvalue weighted by molar-refractivity contribution is -0.118. The van der Waals surface area contributed by atoms with E-state index in [1.165, 1.54) is 35.9 Å². The Morgan fingerprint density at radius 3 is 2.71 bits per heavy atom. The highest BCUT2D eigenvalue weighted by Gasteiger charge is 2.09. The zero-order chi connectivity index (χ0) is 24.9. The summed E-state index contributed by atoms with van der Waals surface area (Å²) in [5.74, 6) is 1.42. The van der Waals surface area contributed by atoms with Crippen LogP contribution in [0.15, 0.2) is 57.3 Å². The van der Waals surface area contributed by atoms with Crippen LogP contribution in [0, 0.1) is 0 Å². The summed E-state index contributed by atoms with van der Waals surface area (Å²) in [7, 11) is 0. The molecule has 3 rings (SSSR count). The molecule has 0 atom stereocenters. The van der Waals surface area contributed by atoms with Crippen LogP contribution < -0.4 is 14.9 Å². The molecule has 9 heteroatoms. The minimum absolute atomic E-state index is 0.202. The van der Waals surface area contributed by atoms with Gasteiger partial charge in [0.1, 0.15) is 0 Å². The summed E-state index contributed by atoms with van der Waals surface area (Å²) in [5, 5.41) is 6.73. The molecule has 6 nitrogen and oxygen atoms in total. The number of ether oxygens (including phenoxy) is 2. The molecule has 2 aromatic carbocycles. The Morgan fingerprint density at radius 2 is 1.94 bits per heavy atom. The van der Waals surface area contributed by atoms with Gasteiger partial charge in [-0.15, -0.1) is 11.3 Å². The fourth-order valence-corrected chi connectivity index (χ4v) is 4.87. The topological polar surface area (TPSA) is 72.8 Å². The van der Waals surface area contributed by atoms with E-state index in [9.17, 15) is 4.79 Å². The molecule has 0 radical (unpaired) electrons. The van der Waals surface area contributed by atoms with Crippen LogP contribution in [-0.2, 0) is 4.79 Å². The van der Waals surface area contributed by atoms with Gasteiger partial charge in [-0.1, -0.05) is 61.7 Å². The van der Waals surface area contributed by atoms with Crippen LogP contribution in [0.2, 0.25) is 5.02 Å². The van der Waals surface area contributed by atoms with E-state index < -0.39 is 0 Å². The Bertz CT molecular complexity index is 1100. The number of hydrogen-bond acceptors (Lipinski definition) is 7. The minimum atomic E-state index is -0.202. The van der Waals surface area contributed by atoms with E-state index in [-0.39, 0.29) is 11.7 Å². The lowest BCUT2D eigenvalue weighted by Crippen LogP contribution is -2.19. The predicted molar refractivity (Wildman–Crippen MR) is 146 cm³/mol. The van der Waals surface area contributed by atoms with Crippen LogP contribution in [0.4, 0.5) is 0 Å². The first-order valence-electron chi connectivity index (χ1n) is 11.6. The average molecular weight is 532 g/mol. The van der Waals surface area contributed by atoms with Crippen molar-refractivity contribution in [2.24, 2.45) is 5.10 Å². The number of hydrazone groups is 1. The number of nitrogens with zero attached hydrogens (tertiary/aromatic N) is 2. The Kier molecular flexibility index (Phi) is 11.4. The van der Waals surface area contributed by atoms with E-state index in [0.29, 0.717) is 24.0 Å². The number of carbonyl (C=O) groups excluding carboxylic acids is 1. The van der Waals surface area contributed by atoms with Crippen LogP contribution in [0.25, 0.3) is 11.3 Å². The summed E-state index contributed by atoms with van der Waals surface area (Å²) in [5.41, 5.74) is 5.24. The van der Waals surface area contributed by atoms with Gasteiger partial charge in [-0.2, -0.15) is 5.10 Å². The van der Waals surface area contributed by atoms with Gasteiger partial charge in [-0.3, -0.25) is 4.79 Å². The SMILES string of the molecule is CCCCCCOc1ccc(/C=N/NC(=O)CSc2nc(-c3ccc(Cl)cc3)cs2)cc1OCC. The van der Waals surface area contributed by atoms with Crippen molar-refractivity contribution in [1.82, 2.24) is 10.4 Å². The standard InChI is InChI=1S/C26H30ClN3O3S2/c1-3-5-6-7-14-33-23-13-8-19(15-24(23)32-4-2)16-28-30-25(31)18-35-26-29-22(17-34-26)20-9-11-21(27)12-10-20/h8-13,15-17H,3-7,14,18H2,1-2H3,(H,30,31)/b28-16+. The van der Waals surface area contributed by atoms with Gasteiger partial charge in [-0.25, -0.2) is 10.4 Å². The monoisotopic (exact) mass is 531 g/mol. The van der Waals surface area contributed by atoms with Crippen LogP contribution >= 0.6 is 34.7 Å². The average Bonchev–Trinajstić information content (AvgIpc) is 3.33. The maximum atomic E-state index is 12.2. The molecule has 0 unspecified atom stereocenters. The Morgan fingerprint density at radius 1 is 1.11 bits per heavy atom. The second-order valence-electron chi connectivity index (χ2n) is 7.64.